The zero-order chi connectivity index (χ0) is 12.9. The number of hydrogen-bond acceptors (Lipinski definition) is 2. The van der Waals surface area contributed by atoms with Crippen molar-refractivity contribution in [3.8, 4) is 0 Å². The summed E-state index contributed by atoms with van der Waals surface area (Å²) in [5.41, 5.74) is 1.10. The molecule has 0 bridgehead atoms. The molecule has 1 atom stereocenters. The number of nitrogens with zero attached hydrogens (tertiary/aromatic N) is 2. The maximum atomic E-state index is 4.25. The fourth-order valence-corrected chi connectivity index (χ4v) is 2.09. The van der Waals surface area contributed by atoms with E-state index in [1.807, 2.05) is 12.9 Å². The molecule has 0 unspecified atom stereocenters. The van der Waals surface area contributed by atoms with E-state index in [0.29, 0.717) is 5.92 Å². The summed E-state index contributed by atoms with van der Waals surface area (Å²) in [5, 5.41) is 8.16. The zero-order valence-electron chi connectivity index (χ0n) is 11.8. The van der Waals surface area contributed by atoms with Crippen molar-refractivity contribution >= 4 is 13.4 Å². The van der Waals surface area contributed by atoms with Crippen LogP contribution in [0.3, 0.4) is 0 Å². The quantitative estimate of drug-likeness (QED) is 0.303. The number of hydrogen-bond donors (Lipinski definition) is 0. The van der Waals surface area contributed by atoms with E-state index in [0.717, 1.165) is 5.70 Å². The van der Waals surface area contributed by atoms with Crippen LogP contribution < -0.4 is 0 Å². The number of rotatable bonds is 10. The van der Waals surface area contributed by atoms with Crippen LogP contribution in [0, 0.1) is 5.92 Å². The predicted molar refractivity (Wildman–Crippen MR) is 78.9 cm³/mol. The summed E-state index contributed by atoms with van der Waals surface area (Å²) in [6.45, 7) is 10.1. The Morgan fingerprint density at radius 1 is 1.18 bits per heavy atom. The maximum absolute atomic E-state index is 4.25. The standard InChI is InChI=1S/C14H27BN2/c1-5-7-8-9-11-13(10-6-2)14(12-15-3)17-16-4/h12-13H,3,5-11H2,1-2,4H3/b14-12-,17-16-/t13-/m0/s1. The van der Waals surface area contributed by atoms with Crippen molar-refractivity contribution in [3.05, 3.63) is 11.7 Å². The molecule has 2 nitrogen and oxygen atoms in total. The van der Waals surface area contributed by atoms with Gasteiger partial charge in [0.15, 0.2) is 0 Å². The van der Waals surface area contributed by atoms with Crippen LogP contribution >= 0.6 is 0 Å². The van der Waals surface area contributed by atoms with Gasteiger partial charge in [-0.15, -0.1) is 0 Å². The molecule has 0 aromatic heterocycles. The van der Waals surface area contributed by atoms with E-state index < -0.39 is 0 Å². The van der Waals surface area contributed by atoms with E-state index in [2.05, 4.69) is 30.5 Å². The summed E-state index contributed by atoms with van der Waals surface area (Å²) in [6, 6.07) is 0. The molecule has 0 saturated carbocycles. The zero-order valence-corrected chi connectivity index (χ0v) is 11.8. The van der Waals surface area contributed by atoms with Gasteiger partial charge in [-0.1, -0.05) is 0 Å². The van der Waals surface area contributed by atoms with Crippen LogP contribution in [0.15, 0.2) is 21.9 Å². The number of allylic oxidation sites excluding steroid dienone is 1. The molecule has 0 radical (unpaired) electrons. The van der Waals surface area contributed by atoms with Crippen molar-refractivity contribution in [2.24, 2.45) is 16.1 Å². The summed E-state index contributed by atoms with van der Waals surface area (Å²) >= 11 is 0. The normalized spacial score (nSPS) is 13.9. The van der Waals surface area contributed by atoms with Gasteiger partial charge in [-0.2, -0.15) is 0 Å². The molecule has 0 aliphatic rings. The van der Waals surface area contributed by atoms with Crippen molar-refractivity contribution in [2.45, 2.75) is 58.8 Å². The molecule has 0 aliphatic heterocycles. The molecular formula is C14H27BN2. The first-order valence-corrected chi connectivity index (χ1v) is 6.92. The van der Waals surface area contributed by atoms with Crippen LogP contribution in [0.5, 0.6) is 0 Å². The Kier molecular flexibility index (Phi) is 11.3. The van der Waals surface area contributed by atoms with Gasteiger partial charge < -0.3 is 0 Å². The monoisotopic (exact) mass is 234 g/mol. The van der Waals surface area contributed by atoms with Gasteiger partial charge in [0.2, 0.25) is 0 Å². The van der Waals surface area contributed by atoms with Crippen LogP contribution in [0.4, 0.5) is 0 Å². The van der Waals surface area contributed by atoms with Gasteiger partial charge in [0.25, 0.3) is 0 Å². The van der Waals surface area contributed by atoms with Crippen LogP contribution in [0.1, 0.15) is 58.8 Å². The summed E-state index contributed by atoms with van der Waals surface area (Å²) in [7, 11) is 1.73. The average Bonchev–Trinajstić information content (AvgIpc) is 2.33. The molecule has 96 valence electrons. The van der Waals surface area contributed by atoms with Crippen molar-refractivity contribution in [1.82, 2.24) is 0 Å². The van der Waals surface area contributed by atoms with Gasteiger partial charge in [-0.3, -0.25) is 0 Å². The van der Waals surface area contributed by atoms with Crippen molar-refractivity contribution < 1.29 is 0 Å². The van der Waals surface area contributed by atoms with Crippen molar-refractivity contribution in [1.29, 1.82) is 0 Å². The van der Waals surface area contributed by atoms with Crippen LogP contribution in [0.25, 0.3) is 0 Å². The Hall–Kier alpha value is -0.725. The average molecular weight is 234 g/mol. The molecule has 0 heterocycles. The van der Waals surface area contributed by atoms with Gasteiger partial charge in [0, 0.05) is 0 Å². The van der Waals surface area contributed by atoms with Crippen LogP contribution in [-0.4, -0.2) is 20.4 Å². The minimum atomic E-state index is 0.554. The predicted octanol–water partition coefficient (Wildman–Crippen LogP) is 4.43. The van der Waals surface area contributed by atoms with Gasteiger partial charge in [0.1, 0.15) is 0 Å². The third-order valence-electron chi connectivity index (χ3n) is 2.97. The molecule has 3 heteroatoms. The van der Waals surface area contributed by atoms with Crippen molar-refractivity contribution in [3.63, 3.8) is 0 Å². The van der Waals surface area contributed by atoms with Gasteiger partial charge in [0.05, 0.1) is 0 Å². The second-order valence-corrected chi connectivity index (χ2v) is 4.46. The Balaban J connectivity index is 4.35. The molecule has 0 amide bonds. The summed E-state index contributed by atoms with van der Waals surface area (Å²) < 4.78 is 0. The van der Waals surface area contributed by atoms with E-state index in [1.54, 1.807) is 7.05 Å². The molecule has 17 heavy (non-hydrogen) atoms. The van der Waals surface area contributed by atoms with E-state index in [4.69, 9.17) is 0 Å². The van der Waals surface area contributed by atoms with E-state index in [-0.39, 0.29) is 0 Å². The first-order valence-electron chi connectivity index (χ1n) is 6.92. The van der Waals surface area contributed by atoms with Gasteiger partial charge in [-0.05, 0) is 0 Å². The molecule has 0 saturated heterocycles. The SMILES string of the molecule is C=B/C=C(\N=N/C)[C@@H](CCC)CCCCCC. The molecule has 0 N–H and O–H groups in total. The van der Waals surface area contributed by atoms with Crippen LogP contribution in [0.2, 0.25) is 0 Å². The van der Waals surface area contributed by atoms with Crippen LogP contribution in [-0.2, 0) is 0 Å². The molecule has 0 aromatic rings. The summed E-state index contributed by atoms with van der Waals surface area (Å²) in [5.74, 6) is 2.56. The molecule has 0 fully saturated rings. The second-order valence-electron chi connectivity index (χ2n) is 4.46. The number of azo groups is 1. The van der Waals surface area contributed by atoms with Crippen molar-refractivity contribution in [2.75, 3.05) is 7.05 Å². The molecule has 0 aromatic carbocycles. The Labute approximate surface area is 108 Å². The summed E-state index contributed by atoms with van der Waals surface area (Å²) in [4.78, 5) is 0. The Bertz CT molecular complexity index is 247. The van der Waals surface area contributed by atoms with Gasteiger partial charge in [-0.25, -0.2) is 0 Å². The first-order chi connectivity index (χ1) is 8.29. The van der Waals surface area contributed by atoms with E-state index in [9.17, 15) is 0 Å². The fraction of sp³-hybridized carbons (Fsp3) is 0.786. The third-order valence-corrected chi connectivity index (χ3v) is 2.97. The Morgan fingerprint density at radius 3 is 2.47 bits per heavy atom. The molecule has 0 spiro atoms. The first kappa shape index (κ1) is 16.3. The molecule has 0 rings (SSSR count). The van der Waals surface area contributed by atoms with Gasteiger partial charge >= 0.3 is 107 Å². The molecular weight excluding hydrogens is 207 g/mol. The minimum absolute atomic E-state index is 0.554. The van der Waals surface area contributed by atoms with E-state index >= 15 is 0 Å². The third kappa shape index (κ3) is 8.06. The fourth-order valence-electron chi connectivity index (χ4n) is 2.09. The topological polar surface area (TPSA) is 24.7 Å². The summed E-state index contributed by atoms with van der Waals surface area (Å²) in [6.07, 6.45) is 8.90. The Morgan fingerprint density at radius 2 is 1.94 bits per heavy atom. The second kappa shape index (κ2) is 11.8. The van der Waals surface area contributed by atoms with E-state index in [1.165, 1.54) is 44.9 Å². The molecule has 0 aliphatic carbocycles. The number of unbranched alkanes of at least 4 members (excludes halogenated alkanes) is 3.